The molecule has 0 radical (unpaired) electrons. The Morgan fingerprint density at radius 1 is 1.17 bits per heavy atom. The molecule has 0 aromatic heterocycles. The van der Waals surface area contributed by atoms with Gasteiger partial charge in [-0.3, -0.25) is 4.90 Å². The molecule has 1 N–H and O–H groups in total. The molecule has 4 atom stereocenters. The van der Waals surface area contributed by atoms with Crippen molar-refractivity contribution >= 4 is 6.03 Å². The molecule has 1 aromatic carbocycles. The minimum atomic E-state index is 0.0932. The fourth-order valence-electron chi connectivity index (χ4n) is 6.22. The van der Waals surface area contributed by atoms with Crippen LogP contribution in [0, 0.1) is 11.8 Å². The lowest BCUT2D eigenvalue weighted by atomic mass is 9.68. The van der Waals surface area contributed by atoms with Crippen LogP contribution in [0.5, 0.6) is 5.75 Å². The van der Waals surface area contributed by atoms with Crippen LogP contribution in [0.1, 0.15) is 44.1 Å². The van der Waals surface area contributed by atoms with Crippen molar-refractivity contribution < 1.29 is 9.53 Å². The number of carbonyl (C=O) groups is 1. The van der Waals surface area contributed by atoms with Crippen molar-refractivity contribution in [2.75, 3.05) is 26.7 Å². The number of fused-ring (bicyclic) bond motifs is 6. The van der Waals surface area contributed by atoms with E-state index in [0.717, 1.165) is 30.3 Å². The summed E-state index contributed by atoms with van der Waals surface area (Å²) in [6, 6.07) is 9.08. The van der Waals surface area contributed by atoms with Crippen molar-refractivity contribution in [1.29, 1.82) is 0 Å². The lowest BCUT2D eigenvalue weighted by molar-refractivity contribution is 0.00788. The van der Waals surface area contributed by atoms with Crippen LogP contribution in [-0.2, 0) is 6.54 Å². The van der Waals surface area contributed by atoms with E-state index in [1.807, 2.05) is 24.3 Å². The summed E-state index contributed by atoms with van der Waals surface area (Å²) in [7, 11) is 1.67. The molecule has 2 bridgehead atoms. The van der Waals surface area contributed by atoms with Crippen LogP contribution in [0.4, 0.5) is 4.79 Å². The maximum Gasteiger partial charge on any atom is 0.318 e. The van der Waals surface area contributed by atoms with Gasteiger partial charge in [0.05, 0.1) is 13.2 Å². The summed E-state index contributed by atoms with van der Waals surface area (Å²) >= 11 is 0. The van der Waals surface area contributed by atoms with Crippen molar-refractivity contribution in [1.82, 2.24) is 15.1 Å². The molecule has 5 rings (SSSR count). The van der Waals surface area contributed by atoms with Crippen LogP contribution >= 0.6 is 0 Å². The van der Waals surface area contributed by atoms with Gasteiger partial charge in [-0.15, -0.1) is 0 Å². The third-order valence-electron chi connectivity index (χ3n) is 7.52. The highest BCUT2D eigenvalue weighted by atomic mass is 16.5. The van der Waals surface area contributed by atoms with Gasteiger partial charge in [-0.05, 0) is 68.2 Å². The minimum absolute atomic E-state index is 0.0932. The second kappa shape index (κ2) is 8.02. The van der Waals surface area contributed by atoms with Gasteiger partial charge >= 0.3 is 6.03 Å². The van der Waals surface area contributed by atoms with E-state index in [2.05, 4.69) is 21.2 Å². The van der Waals surface area contributed by atoms with Gasteiger partial charge in [-0.25, -0.2) is 4.79 Å². The molecule has 3 fully saturated rings. The second-order valence-corrected chi connectivity index (χ2v) is 9.21. The summed E-state index contributed by atoms with van der Waals surface area (Å²) in [6.45, 7) is 3.86. The first kappa shape index (κ1) is 19.0. The van der Waals surface area contributed by atoms with E-state index in [1.54, 1.807) is 12.7 Å². The molecule has 29 heavy (non-hydrogen) atoms. The Morgan fingerprint density at radius 2 is 2.03 bits per heavy atom. The van der Waals surface area contributed by atoms with Gasteiger partial charge in [-0.1, -0.05) is 30.2 Å². The Labute approximate surface area is 174 Å². The molecule has 4 aliphatic rings. The number of methoxy groups -OCH3 is 1. The fraction of sp³-hybridized carbons (Fsp3) is 0.625. The third kappa shape index (κ3) is 3.65. The van der Waals surface area contributed by atoms with Gasteiger partial charge in [0.25, 0.3) is 0 Å². The molecule has 2 unspecified atom stereocenters. The van der Waals surface area contributed by atoms with Crippen LogP contribution in [0.25, 0.3) is 0 Å². The van der Waals surface area contributed by atoms with E-state index in [0.29, 0.717) is 24.4 Å². The molecule has 3 saturated heterocycles. The van der Waals surface area contributed by atoms with Crippen molar-refractivity contribution in [3.05, 3.63) is 41.5 Å². The Bertz CT molecular complexity index is 775. The minimum Gasteiger partial charge on any atom is -0.497 e. The summed E-state index contributed by atoms with van der Waals surface area (Å²) < 4.78 is 5.22. The number of amides is 2. The number of ether oxygens (including phenoxy) is 1. The maximum atomic E-state index is 13.1. The summed E-state index contributed by atoms with van der Waals surface area (Å²) in [4.78, 5) is 18.0. The van der Waals surface area contributed by atoms with Gasteiger partial charge in [-0.2, -0.15) is 0 Å². The maximum absolute atomic E-state index is 13.1. The molecule has 3 heterocycles. The standard InChI is InChI=1S/C24H33N3O2/c1-29-21-9-7-17(8-10-21)15-25-24(28)27-12-4-5-18-13-19-14-20(23(18)27)16-26-11-3-2-6-22(19)26/h7-10,13,19-20,22-23H,2-6,11-12,14-16H2,1H3,(H,25,28)/t19-,20-,22?,23?/m1/s1. The average Bonchev–Trinajstić information content (AvgIpc) is 2.77. The van der Waals surface area contributed by atoms with Crippen molar-refractivity contribution in [3.63, 3.8) is 0 Å². The number of rotatable bonds is 3. The largest absolute Gasteiger partial charge is 0.497 e. The van der Waals surface area contributed by atoms with Gasteiger partial charge in [0.2, 0.25) is 0 Å². The topological polar surface area (TPSA) is 44.8 Å². The summed E-state index contributed by atoms with van der Waals surface area (Å²) in [6.07, 6.45) is 10.2. The highest BCUT2D eigenvalue weighted by molar-refractivity contribution is 5.75. The number of hydrogen-bond acceptors (Lipinski definition) is 3. The zero-order chi connectivity index (χ0) is 19.8. The van der Waals surface area contributed by atoms with Gasteiger partial charge in [0.15, 0.2) is 0 Å². The van der Waals surface area contributed by atoms with Crippen molar-refractivity contribution in [3.8, 4) is 5.75 Å². The Morgan fingerprint density at radius 3 is 2.86 bits per heavy atom. The normalized spacial score (nSPS) is 31.3. The Balaban J connectivity index is 1.29. The number of likely N-dealkylation sites (tertiary alicyclic amines) is 1. The molecule has 156 valence electrons. The molecule has 1 aliphatic carbocycles. The van der Waals surface area contributed by atoms with E-state index in [-0.39, 0.29) is 6.03 Å². The zero-order valence-corrected chi connectivity index (χ0v) is 17.5. The number of nitrogens with zero attached hydrogens (tertiary/aromatic N) is 2. The van der Waals surface area contributed by atoms with E-state index in [4.69, 9.17) is 4.74 Å². The monoisotopic (exact) mass is 395 g/mol. The SMILES string of the molecule is COc1ccc(CNC(=O)N2CCCC3=C[C@@H]4C[C@H](CN5CCCCC45)C32)cc1. The smallest absolute Gasteiger partial charge is 0.318 e. The van der Waals surface area contributed by atoms with E-state index < -0.39 is 0 Å². The number of carbonyl (C=O) groups excluding carboxylic acids is 1. The van der Waals surface area contributed by atoms with Crippen LogP contribution < -0.4 is 10.1 Å². The van der Waals surface area contributed by atoms with Crippen LogP contribution in [-0.4, -0.2) is 54.7 Å². The summed E-state index contributed by atoms with van der Waals surface area (Å²) in [5.74, 6) is 2.15. The number of urea groups is 1. The third-order valence-corrected chi connectivity index (χ3v) is 7.52. The van der Waals surface area contributed by atoms with E-state index in [1.165, 1.54) is 45.2 Å². The quantitative estimate of drug-likeness (QED) is 0.792. The molecule has 5 nitrogen and oxygen atoms in total. The first-order valence-electron chi connectivity index (χ1n) is 11.3. The Hall–Kier alpha value is -2.01. The van der Waals surface area contributed by atoms with E-state index in [9.17, 15) is 4.79 Å². The predicted molar refractivity (Wildman–Crippen MR) is 114 cm³/mol. The van der Waals surface area contributed by atoms with E-state index >= 15 is 0 Å². The van der Waals surface area contributed by atoms with Crippen molar-refractivity contribution in [2.45, 2.75) is 57.2 Å². The molecule has 5 heteroatoms. The number of benzene rings is 1. The number of hydrogen-bond donors (Lipinski definition) is 1. The summed E-state index contributed by atoms with van der Waals surface area (Å²) in [5, 5.41) is 3.17. The van der Waals surface area contributed by atoms with Gasteiger partial charge in [0.1, 0.15) is 5.75 Å². The zero-order valence-electron chi connectivity index (χ0n) is 17.5. The highest BCUT2D eigenvalue weighted by Crippen LogP contribution is 2.44. The van der Waals surface area contributed by atoms with Gasteiger partial charge < -0.3 is 15.0 Å². The molecular weight excluding hydrogens is 362 g/mol. The molecule has 3 aliphatic heterocycles. The molecule has 0 spiro atoms. The average molecular weight is 396 g/mol. The number of nitrogens with one attached hydrogen (secondary N) is 1. The molecular formula is C24H33N3O2. The highest BCUT2D eigenvalue weighted by Gasteiger charge is 2.46. The first-order valence-corrected chi connectivity index (χ1v) is 11.3. The molecule has 0 saturated carbocycles. The first-order chi connectivity index (χ1) is 14.2. The molecule has 2 amide bonds. The summed E-state index contributed by atoms with van der Waals surface area (Å²) in [5.41, 5.74) is 2.65. The second-order valence-electron chi connectivity index (χ2n) is 9.21. The fourth-order valence-corrected chi connectivity index (χ4v) is 6.22. The molecule has 1 aromatic rings. The predicted octanol–water partition coefficient (Wildman–Crippen LogP) is 3.80. The Kier molecular flexibility index (Phi) is 5.25. The lowest BCUT2D eigenvalue weighted by Gasteiger charge is -2.54. The van der Waals surface area contributed by atoms with Crippen LogP contribution in [0.15, 0.2) is 35.9 Å². The van der Waals surface area contributed by atoms with Crippen LogP contribution in [0.2, 0.25) is 0 Å². The van der Waals surface area contributed by atoms with Crippen molar-refractivity contribution in [2.24, 2.45) is 11.8 Å². The van der Waals surface area contributed by atoms with Gasteiger partial charge in [0, 0.05) is 25.7 Å². The lowest BCUT2D eigenvalue weighted by Crippen LogP contribution is -2.61. The van der Waals surface area contributed by atoms with Crippen LogP contribution in [0.3, 0.4) is 0 Å². The number of piperidine rings is 3.